The maximum absolute atomic E-state index is 13.1. The van der Waals surface area contributed by atoms with E-state index in [0.717, 1.165) is 25.7 Å². The van der Waals surface area contributed by atoms with Crippen molar-refractivity contribution in [3.8, 4) is 0 Å². The first kappa shape index (κ1) is 15.5. The van der Waals surface area contributed by atoms with Crippen molar-refractivity contribution in [1.82, 2.24) is 5.32 Å². The summed E-state index contributed by atoms with van der Waals surface area (Å²) in [5, 5.41) is 3.28. The third-order valence-corrected chi connectivity index (χ3v) is 8.26. The van der Waals surface area contributed by atoms with Gasteiger partial charge in [0.1, 0.15) is 0 Å². The standard InChI is InChI=1S/C17H26BrNO2/c1-15(2)16(3)9-10-17(15,12(18)13(16)20)14(21)19-11-7-5-4-6-8-11/h11-12H,4-10H2,1-3H3,(H,19,21)/t12-,16-,17-/m1/s1. The lowest BCUT2D eigenvalue weighted by atomic mass is 9.64. The third kappa shape index (κ3) is 1.77. The highest BCUT2D eigenvalue weighted by Crippen LogP contribution is 2.72. The van der Waals surface area contributed by atoms with E-state index in [2.05, 4.69) is 35.1 Å². The van der Waals surface area contributed by atoms with Crippen LogP contribution in [0.25, 0.3) is 0 Å². The Morgan fingerprint density at radius 2 is 1.76 bits per heavy atom. The number of halogens is 1. The lowest BCUT2D eigenvalue weighted by molar-refractivity contribution is -0.136. The zero-order valence-corrected chi connectivity index (χ0v) is 14.9. The summed E-state index contributed by atoms with van der Waals surface area (Å²) in [4.78, 5) is 25.5. The Morgan fingerprint density at radius 3 is 2.29 bits per heavy atom. The highest BCUT2D eigenvalue weighted by Gasteiger charge is 2.76. The van der Waals surface area contributed by atoms with E-state index in [1.165, 1.54) is 19.3 Å². The molecule has 3 aliphatic carbocycles. The van der Waals surface area contributed by atoms with Gasteiger partial charge in [-0.3, -0.25) is 9.59 Å². The molecule has 21 heavy (non-hydrogen) atoms. The van der Waals surface area contributed by atoms with Crippen LogP contribution in [0.4, 0.5) is 0 Å². The largest absolute Gasteiger partial charge is 0.353 e. The molecule has 3 rings (SSSR count). The molecule has 0 unspecified atom stereocenters. The molecule has 3 saturated carbocycles. The van der Waals surface area contributed by atoms with Gasteiger partial charge in [0.25, 0.3) is 0 Å². The van der Waals surface area contributed by atoms with Crippen molar-refractivity contribution in [2.75, 3.05) is 0 Å². The summed E-state index contributed by atoms with van der Waals surface area (Å²) in [7, 11) is 0. The molecule has 2 bridgehead atoms. The summed E-state index contributed by atoms with van der Waals surface area (Å²) in [6.45, 7) is 6.27. The summed E-state index contributed by atoms with van der Waals surface area (Å²) in [5.41, 5.74) is -1.23. The first-order valence-corrected chi connectivity index (χ1v) is 9.18. The average Bonchev–Trinajstić information content (AvgIpc) is 2.72. The normalized spacial score (nSPS) is 42.3. The minimum absolute atomic E-state index is 0.107. The van der Waals surface area contributed by atoms with Gasteiger partial charge in [-0.15, -0.1) is 0 Å². The van der Waals surface area contributed by atoms with E-state index in [9.17, 15) is 9.59 Å². The molecule has 0 saturated heterocycles. The topological polar surface area (TPSA) is 46.2 Å². The number of rotatable bonds is 2. The van der Waals surface area contributed by atoms with Crippen LogP contribution in [0.2, 0.25) is 0 Å². The number of amides is 1. The van der Waals surface area contributed by atoms with E-state index in [0.29, 0.717) is 6.04 Å². The zero-order chi connectivity index (χ0) is 15.5. The molecule has 0 spiro atoms. The lowest BCUT2D eigenvalue weighted by Crippen LogP contribution is -2.53. The molecule has 0 aromatic heterocycles. The average molecular weight is 356 g/mol. The first-order valence-electron chi connectivity index (χ1n) is 8.27. The third-order valence-electron chi connectivity index (χ3n) is 7.07. The molecule has 3 nitrogen and oxygen atoms in total. The fraction of sp³-hybridized carbons (Fsp3) is 0.882. The zero-order valence-electron chi connectivity index (χ0n) is 13.3. The van der Waals surface area contributed by atoms with E-state index in [1.807, 2.05) is 6.92 Å². The molecular formula is C17H26BrNO2. The van der Waals surface area contributed by atoms with E-state index in [1.54, 1.807) is 0 Å². The van der Waals surface area contributed by atoms with Crippen LogP contribution in [0, 0.1) is 16.2 Å². The molecule has 3 aliphatic rings. The van der Waals surface area contributed by atoms with Gasteiger partial charge in [-0.1, -0.05) is 56.0 Å². The number of hydrogen-bond donors (Lipinski definition) is 1. The Hall–Kier alpha value is -0.380. The van der Waals surface area contributed by atoms with Gasteiger partial charge in [-0.2, -0.15) is 0 Å². The fourth-order valence-electron chi connectivity index (χ4n) is 5.02. The van der Waals surface area contributed by atoms with Gasteiger partial charge in [0.2, 0.25) is 5.91 Å². The molecule has 118 valence electrons. The molecule has 0 aromatic carbocycles. The van der Waals surface area contributed by atoms with Crippen molar-refractivity contribution in [2.45, 2.75) is 76.6 Å². The number of carbonyl (C=O) groups excluding carboxylic acids is 2. The summed E-state index contributed by atoms with van der Waals surface area (Å²) >= 11 is 3.58. The smallest absolute Gasteiger partial charge is 0.228 e. The number of Topliss-reactive ketones (excluding diaryl/α,β-unsaturated/α-hetero) is 1. The van der Waals surface area contributed by atoms with Crippen LogP contribution < -0.4 is 5.32 Å². The number of carbonyl (C=O) groups is 2. The molecule has 3 fully saturated rings. The van der Waals surface area contributed by atoms with Crippen molar-refractivity contribution in [3.63, 3.8) is 0 Å². The van der Waals surface area contributed by atoms with Crippen LogP contribution in [0.15, 0.2) is 0 Å². The number of nitrogens with one attached hydrogen (secondary N) is 1. The maximum atomic E-state index is 13.1. The van der Waals surface area contributed by atoms with Gasteiger partial charge in [0.05, 0.1) is 10.2 Å². The Kier molecular flexibility index (Phi) is 3.55. The maximum Gasteiger partial charge on any atom is 0.228 e. The second-order valence-electron chi connectivity index (χ2n) is 7.96. The lowest BCUT2D eigenvalue weighted by Gasteiger charge is -2.40. The summed E-state index contributed by atoms with van der Waals surface area (Å²) in [6.07, 6.45) is 7.50. The summed E-state index contributed by atoms with van der Waals surface area (Å²) < 4.78 is 0. The van der Waals surface area contributed by atoms with E-state index in [4.69, 9.17) is 0 Å². The minimum Gasteiger partial charge on any atom is -0.353 e. The molecule has 3 atom stereocenters. The van der Waals surface area contributed by atoms with Crippen molar-refractivity contribution in [3.05, 3.63) is 0 Å². The quantitative estimate of drug-likeness (QED) is 0.769. The van der Waals surface area contributed by atoms with Gasteiger partial charge in [0.15, 0.2) is 5.78 Å². The molecule has 4 heteroatoms. The monoisotopic (exact) mass is 355 g/mol. The van der Waals surface area contributed by atoms with Crippen LogP contribution in [0.5, 0.6) is 0 Å². The van der Waals surface area contributed by atoms with Gasteiger partial charge in [0, 0.05) is 11.5 Å². The molecule has 0 aliphatic heterocycles. The molecular weight excluding hydrogens is 330 g/mol. The van der Waals surface area contributed by atoms with Crippen LogP contribution in [-0.4, -0.2) is 22.6 Å². The molecule has 0 aromatic rings. The predicted molar refractivity (Wildman–Crippen MR) is 86.3 cm³/mol. The Labute approximate surface area is 135 Å². The predicted octanol–water partition coefficient (Wildman–Crippen LogP) is 3.59. The Balaban J connectivity index is 1.89. The molecule has 0 heterocycles. The first-order chi connectivity index (χ1) is 9.77. The number of hydrogen-bond acceptors (Lipinski definition) is 2. The summed E-state index contributed by atoms with van der Waals surface area (Å²) in [6, 6.07) is 0.304. The van der Waals surface area contributed by atoms with Crippen LogP contribution in [0.1, 0.15) is 65.7 Å². The SMILES string of the molecule is CC1(C)[C@]2(C(=O)NC3CCCCC3)CC[C@]1(C)C(=O)[C@H]2Br. The van der Waals surface area contributed by atoms with Gasteiger partial charge < -0.3 is 5.32 Å². The second-order valence-corrected chi connectivity index (χ2v) is 8.88. The van der Waals surface area contributed by atoms with Crippen LogP contribution in [-0.2, 0) is 9.59 Å². The highest BCUT2D eigenvalue weighted by atomic mass is 79.9. The van der Waals surface area contributed by atoms with E-state index in [-0.39, 0.29) is 27.3 Å². The molecule has 1 amide bonds. The van der Waals surface area contributed by atoms with Gasteiger partial charge in [-0.05, 0) is 31.1 Å². The Morgan fingerprint density at radius 1 is 1.14 bits per heavy atom. The minimum atomic E-state index is -0.573. The van der Waals surface area contributed by atoms with Crippen molar-refractivity contribution in [2.24, 2.45) is 16.2 Å². The Bertz CT molecular complexity index is 483. The van der Waals surface area contributed by atoms with Crippen LogP contribution >= 0.6 is 15.9 Å². The number of fused-ring (bicyclic) bond motifs is 2. The van der Waals surface area contributed by atoms with E-state index >= 15 is 0 Å². The van der Waals surface area contributed by atoms with Crippen molar-refractivity contribution in [1.29, 1.82) is 0 Å². The van der Waals surface area contributed by atoms with Crippen LogP contribution in [0.3, 0.4) is 0 Å². The van der Waals surface area contributed by atoms with Gasteiger partial charge >= 0.3 is 0 Å². The molecule has 1 N–H and O–H groups in total. The fourth-order valence-corrected chi connectivity index (χ4v) is 6.53. The van der Waals surface area contributed by atoms with Crippen molar-refractivity contribution >= 4 is 27.6 Å². The molecule has 0 radical (unpaired) electrons. The highest BCUT2D eigenvalue weighted by molar-refractivity contribution is 9.10. The van der Waals surface area contributed by atoms with Gasteiger partial charge in [-0.25, -0.2) is 0 Å². The van der Waals surface area contributed by atoms with Crippen molar-refractivity contribution < 1.29 is 9.59 Å². The van der Waals surface area contributed by atoms with E-state index < -0.39 is 5.41 Å². The number of ketones is 1. The summed E-state index contributed by atoms with van der Waals surface area (Å²) in [5.74, 6) is 0.327. The number of alkyl halides is 1. The second kappa shape index (κ2) is 4.81.